The molecule has 1 amide bonds. The molecule has 0 aromatic carbocycles. The van der Waals surface area contributed by atoms with Crippen molar-refractivity contribution in [1.29, 1.82) is 0 Å². The Bertz CT molecular complexity index is 1270. The molecule has 9 nitrogen and oxygen atoms in total. The van der Waals surface area contributed by atoms with Crippen molar-refractivity contribution in [1.82, 2.24) is 24.4 Å². The van der Waals surface area contributed by atoms with Crippen LogP contribution in [0.4, 0.5) is 20.3 Å². The number of ether oxygens (including phenoxy) is 1. The van der Waals surface area contributed by atoms with Crippen molar-refractivity contribution in [2.24, 2.45) is 11.8 Å². The molecule has 1 N–H and O–H groups in total. The van der Waals surface area contributed by atoms with E-state index in [9.17, 15) is 13.6 Å². The van der Waals surface area contributed by atoms with Gasteiger partial charge < -0.3 is 15.0 Å². The largest absolute Gasteiger partial charge is 0.371 e. The first-order valence-corrected chi connectivity index (χ1v) is 13.3. The number of anilines is 2. The van der Waals surface area contributed by atoms with Crippen molar-refractivity contribution >= 4 is 23.1 Å². The van der Waals surface area contributed by atoms with Crippen molar-refractivity contribution in [3.05, 3.63) is 35.9 Å². The van der Waals surface area contributed by atoms with Gasteiger partial charge in [-0.2, -0.15) is 10.2 Å². The summed E-state index contributed by atoms with van der Waals surface area (Å²) in [6, 6.07) is 1.93. The molecule has 1 aliphatic carbocycles. The van der Waals surface area contributed by atoms with Crippen LogP contribution in [0.15, 0.2) is 24.7 Å². The van der Waals surface area contributed by atoms with Crippen molar-refractivity contribution in [3.8, 4) is 0 Å². The third-order valence-corrected chi connectivity index (χ3v) is 8.24. The first-order chi connectivity index (χ1) is 17.9. The molecule has 2 saturated heterocycles. The Balaban J connectivity index is 1.22. The smallest absolute Gasteiger partial charge is 0.284 e. The van der Waals surface area contributed by atoms with E-state index in [-0.39, 0.29) is 29.5 Å². The van der Waals surface area contributed by atoms with Crippen LogP contribution in [0.2, 0.25) is 0 Å². The van der Waals surface area contributed by atoms with Gasteiger partial charge in [0, 0.05) is 25.5 Å². The third kappa shape index (κ3) is 4.69. The number of carbonyl (C=O) groups excluding carboxylic acids is 1. The highest BCUT2D eigenvalue weighted by molar-refractivity contribution is 6.08. The Morgan fingerprint density at radius 1 is 1.11 bits per heavy atom. The highest BCUT2D eigenvalue weighted by Gasteiger charge is 2.34. The normalized spacial score (nSPS) is 25.9. The van der Waals surface area contributed by atoms with E-state index in [2.05, 4.69) is 34.3 Å². The molecule has 2 aliphatic heterocycles. The van der Waals surface area contributed by atoms with Crippen LogP contribution in [0.3, 0.4) is 0 Å². The summed E-state index contributed by atoms with van der Waals surface area (Å²) in [5.74, 6) is 1.48. The zero-order valence-corrected chi connectivity index (χ0v) is 21.2. The van der Waals surface area contributed by atoms with E-state index >= 15 is 0 Å². The first kappa shape index (κ1) is 24.3. The highest BCUT2D eigenvalue weighted by atomic mass is 19.3. The van der Waals surface area contributed by atoms with Gasteiger partial charge in [0.1, 0.15) is 11.4 Å². The lowest BCUT2D eigenvalue weighted by atomic mass is 9.80. The molecule has 5 heterocycles. The molecule has 3 aromatic heterocycles. The summed E-state index contributed by atoms with van der Waals surface area (Å²) in [5, 5.41) is 11.1. The van der Waals surface area contributed by atoms with Gasteiger partial charge in [0.25, 0.3) is 12.3 Å². The minimum atomic E-state index is -2.80. The van der Waals surface area contributed by atoms with Gasteiger partial charge in [0.2, 0.25) is 0 Å². The van der Waals surface area contributed by atoms with E-state index in [0.717, 1.165) is 57.4 Å². The fourth-order valence-electron chi connectivity index (χ4n) is 6.07. The molecule has 3 aromatic rings. The molecular weight excluding hydrogens is 480 g/mol. The van der Waals surface area contributed by atoms with Crippen LogP contribution in [-0.4, -0.2) is 55.6 Å². The van der Waals surface area contributed by atoms with Crippen LogP contribution in [0.25, 0.3) is 5.65 Å². The lowest BCUT2D eigenvalue weighted by molar-refractivity contribution is 0.0302. The molecule has 0 spiro atoms. The topological polar surface area (TPSA) is 89.6 Å². The number of nitrogens with one attached hydrogen (secondary N) is 1. The Morgan fingerprint density at radius 2 is 1.84 bits per heavy atom. The Hall–Kier alpha value is -3.08. The lowest BCUT2D eigenvalue weighted by Crippen LogP contribution is -2.43. The van der Waals surface area contributed by atoms with Gasteiger partial charge in [0.15, 0.2) is 11.3 Å². The van der Waals surface area contributed by atoms with Gasteiger partial charge >= 0.3 is 0 Å². The van der Waals surface area contributed by atoms with E-state index in [1.54, 1.807) is 17.1 Å². The summed E-state index contributed by atoms with van der Waals surface area (Å²) in [4.78, 5) is 20.1. The van der Waals surface area contributed by atoms with Crippen molar-refractivity contribution < 1.29 is 18.3 Å². The van der Waals surface area contributed by atoms with Crippen LogP contribution >= 0.6 is 0 Å². The number of rotatable bonds is 6. The maximum absolute atomic E-state index is 13.9. The predicted octanol–water partition coefficient (Wildman–Crippen LogP) is 4.87. The highest BCUT2D eigenvalue weighted by Crippen LogP contribution is 2.37. The summed E-state index contributed by atoms with van der Waals surface area (Å²) in [6.45, 7) is 5.96. The van der Waals surface area contributed by atoms with Crippen LogP contribution in [0.5, 0.6) is 0 Å². The lowest BCUT2D eigenvalue weighted by Gasteiger charge is -2.32. The third-order valence-electron chi connectivity index (χ3n) is 8.24. The fraction of sp³-hybridized carbons (Fsp3) is 0.615. The molecule has 0 unspecified atom stereocenters. The van der Waals surface area contributed by atoms with E-state index in [1.807, 2.05) is 6.07 Å². The number of morpholine rings is 1. The number of aromatic nitrogens is 5. The molecule has 3 fully saturated rings. The summed E-state index contributed by atoms with van der Waals surface area (Å²) in [7, 11) is 0. The standard InChI is InChI=1S/C26H33F2N7O2/c1-15(2)16-3-5-17(6-4-16)35-14-21(23(32-35)24(27)28)30-26(36)20-11-29-34-10-9-22(31-25(20)34)33-12-18-7-8-19(13-33)37-18/h9-11,14-19,24H,3-8,12-13H2,1-2H3,(H,30,36)/t16-,17-,18-,19+. The molecule has 1 saturated carbocycles. The predicted molar refractivity (Wildman–Crippen MR) is 134 cm³/mol. The number of fused-ring (bicyclic) bond motifs is 3. The number of hydrogen-bond acceptors (Lipinski definition) is 6. The average Bonchev–Trinajstić information content (AvgIpc) is 3.60. The Kier molecular flexibility index (Phi) is 6.34. The first-order valence-electron chi connectivity index (χ1n) is 13.3. The fourth-order valence-corrected chi connectivity index (χ4v) is 6.07. The van der Waals surface area contributed by atoms with Gasteiger partial charge in [-0.15, -0.1) is 0 Å². The summed E-state index contributed by atoms with van der Waals surface area (Å²) in [5.41, 5.74) is 0.231. The van der Waals surface area contributed by atoms with Crippen LogP contribution in [0, 0.1) is 11.8 Å². The Labute approximate surface area is 214 Å². The molecular formula is C26H33F2N7O2. The molecule has 6 rings (SSSR count). The van der Waals surface area contributed by atoms with Crippen LogP contribution < -0.4 is 10.2 Å². The zero-order valence-electron chi connectivity index (χ0n) is 21.2. The number of carbonyl (C=O) groups is 1. The maximum atomic E-state index is 13.9. The molecule has 2 atom stereocenters. The van der Waals surface area contributed by atoms with Crippen molar-refractivity contribution in [2.75, 3.05) is 23.3 Å². The van der Waals surface area contributed by atoms with Gasteiger partial charge in [-0.3, -0.25) is 9.48 Å². The van der Waals surface area contributed by atoms with Crippen molar-refractivity contribution in [2.45, 2.75) is 77.0 Å². The minimum Gasteiger partial charge on any atom is -0.371 e. The number of nitrogens with zero attached hydrogens (tertiary/aromatic N) is 6. The van der Waals surface area contributed by atoms with E-state index in [1.165, 1.54) is 10.7 Å². The van der Waals surface area contributed by atoms with Gasteiger partial charge in [-0.05, 0) is 56.4 Å². The monoisotopic (exact) mass is 513 g/mol. The Morgan fingerprint density at radius 3 is 2.51 bits per heavy atom. The van der Waals surface area contributed by atoms with Crippen LogP contribution in [0.1, 0.15) is 80.9 Å². The van der Waals surface area contributed by atoms with E-state index in [0.29, 0.717) is 17.5 Å². The molecule has 2 bridgehead atoms. The number of hydrogen-bond donors (Lipinski definition) is 1. The second-order valence-corrected chi connectivity index (χ2v) is 11.0. The molecule has 198 valence electrons. The number of halogens is 2. The second-order valence-electron chi connectivity index (χ2n) is 11.0. The summed E-state index contributed by atoms with van der Waals surface area (Å²) < 4.78 is 36.8. The molecule has 11 heteroatoms. The van der Waals surface area contributed by atoms with Crippen molar-refractivity contribution in [3.63, 3.8) is 0 Å². The van der Waals surface area contributed by atoms with Gasteiger partial charge in [-0.1, -0.05) is 13.8 Å². The molecule has 37 heavy (non-hydrogen) atoms. The van der Waals surface area contributed by atoms with Crippen LogP contribution in [-0.2, 0) is 4.74 Å². The number of amides is 1. The quantitative estimate of drug-likeness (QED) is 0.506. The number of alkyl halides is 2. The van der Waals surface area contributed by atoms with Gasteiger partial charge in [0.05, 0.1) is 30.1 Å². The average molecular weight is 514 g/mol. The summed E-state index contributed by atoms with van der Waals surface area (Å²) >= 11 is 0. The molecule has 3 aliphatic rings. The molecule has 0 radical (unpaired) electrons. The van der Waals surface area contributed by atoms with Gasteiger partial charge in [-0.25, -0.2) is 18.3 Å². The SMILES string of the molecule is CC(C)[C@H]1CC[C@H](n2cc(NC(=O)c3cnn4ccc(N5C[C@H]6CC[C@@H](C5)O6)nc34)c(C(F)F)n2)CC1. The zero-order chi connectivity index (χ0) is 25.7. The van der Waals surface area contributed by atoms with E-state index < -0.39 is 18.0 Å². The second kappa shape index (κ2) is 9.66. The van der Waals surface area contributed by atoms with E-state index in [4.69, 9.17) is 9.72 Å². The minimum absolute atomic E-state index is 0.0336. The summed E-state index contributed by atoms with van der Waals surface area (Å²) in [6.07, 6.45) is 8.32. The maximum Gasteiger partial charge on any atom is 0.284 e.